The van der Waals surface area contributed by atoms with Crippen molar-refractivity contribution in [3.63, 3.8) is 0 Å². The van der Waals surface area contributed by atoms with Crippen molar-refractivity contribution in [1.82, 2.24) is 10.3 Å². The number of nitrogens with one attached hydrogen (secondary N) is 2. The normalized spacial score (nSPS) is 10.4. The van der Waals surface area contributed by atoms with Crippen LogP contribution in [0, 0.1) is 6.92 Å². The van der Waals surface area contributed by atoms with Crippen molar-refractivity contribution >= 4 is 28.4 Å². The van der Waals surface area contributed by atoms with Gasteiger partial charge in [0, 0.05) is 11.9 Å². The lowest BCUT2D eigenvalue weighted by Crippen LogP contribution is -2.35. The minimum Gasteiger partial charge on any atom is -0.344 e. The quantitative estimate of drug-likeness (QED) is 0.729. The molecule has 0 aliphatic heterocycles. The molecule has 1 heterocycles. The van der Waals surface area contributed by atoms with E-state index in [-0.39, 0.29) is 0 Å². The van der Waals surface area contributed by atoms with E-state index in [4.69, 9.17) is 0 Å². The molecule has 0 spiro atoms. The van der Waals surface area contributed by atoms with Gasteiger partial charge < -0.3 is 10.6 Å². The van der Waals surface area contributed by atoms with E-state index in [2.05, 4.69) is 15.6 Å². The molecular formula is C19H17N3O2. The van der Waals surface area contributed by atoms with Crippen molar-refractivity contribution in [3.8, 4) is 0 Å². The lowest BCUT2D eigenvalue weighted by Gasteiger charge is -2.07. The number of fused-ring (bicyclic) bond motifs is 1. The first kappa shape index (κ1) is 15.7. The Morgan fingerprint density at radius 2 is 1.83 bits per heavy atom. The summed E-state index contributed by atoms with van der Waals surface area (Å²) in [6, 6.07) is 17.1. The number of nitrogens with zero attached hydrogens (tertiary/aromatic N) is 1. The summed E-state index contributed by atoms with van der Waals surface area (Å²) in [4.78, 5) is 28.2. The standard InChI is InChI=1S/C19H17N3O2/c1-13-5-4-6-14(9-13)11-21-18(23)19(24)22-16-10-15-7-2-3-8-17(15)20-12-16/h2-10,12H,11H2,1H3,(H,21,23)(H,22,24). The number of rotatable bonds is 3. The van der Waals surface area contributed by atoms with Gasteiger partial charge in [-0.2, -0.15) is 0 Å². The van der Waals surface area contributed by atoms with Gasteiger partial charge in [0.2, 0.25) is 0 Å². The molecule has 0 radical (unpaired) electrons. The molecule has 5 nitrogen and oxygen atoms in total. The Labute approximate surface area is 139 Å². The SMILES string of the molecule is Cc1cccc(CNC(=O)C(=O)Nc2cnc3ccccc3c2)c1. The Kier molecular flexibility index (Phi) is 4.52. The molecule has 0 bridgehead atoms. The van der Waals surface area contributed by atoms with Gasteiger partial charge in [0.25, 0.3) is 0 Å². The fourth-order valence-corrected chi connectivity index (χ4v) is 2.41. The van der Waals surface area contributed by atoms with E-state index in [1.807, 2.05) is 55.5 Å². The third-order valence-electron chi connectivity index (χ3n) is 3.59. The molecule has 5 heteroatoms. The number of amides is 2. The van der Waals surface area contributed by atoms with Gasteiger partial charge >= 0.3 is 11.8 Å². The Morgan fingerprint density at radius 3 is 2.67 bits per heavy atom. The van der Waals surface area contributed by atoms with Gasteiger partial charge in [0.15, 0.2) is 0 Å². The Hall–Kier alpha value is -3.21. The van der Waals surface area contributed by atoms with Crippen LogP contribution in [-0.2, 0) is 16.1 Å². The molecule has 120 valence electrons. The molecule has 3 rings (SSSR count). The molecule has 0 atom stereocenters. The van der Waals surface area contributed by atoms with Crippen LogP contribution in [0.1, 0.15) is 11.1 Å². The van der Waals surface area contributed by atoms with Gasteiger partial charge in [-0.3, -0.25) is 14.6 Å². The number of para-hydroxylation sites is 1. The van der Waals surface area contributed by atoms with Crippen molar-refractivity contribution in [2.45, 2.75) is 13.5 Å². The summed E-state index contributed by atoms with van der Waals surface area (Å²) < 4.78 is 0. The Balaban J connectivity index is 1.61. The summed E-state index contributed by atoms with van der Waals surface area (Å²) in [5, 5.41) is 6.08. The largest absolute Gasteiger partial charge is 0.344 e. The topological polar surface area (TPSA) is 71.1 Å². The highest BCUT2D eigenvalue weighted by Gasteiger charge is 2.13. The van der Waals surface area contributed by atoms with Crippen LogP contribution in [0.15, 0.2) is 60.8 Å². The van der Waals surface area contributed by atoms with Gasteiger partial charge in [-0.05, 0) is 24.6 Å². The summed E-state index contributed by atoms with van der Waals surface area (Å²) in [7, 11) is 0. The minimum atomic E-state index is -0.709. The summed E-state index contributed by atoms with van der Waals surface area (Å²) in [5.41, 5.74) is 3.38. The number of hydrogen-bond acceptors (Lipinski definition) is 3. The zero-order valence-corrected chi connectivity index (χ0v) is 13.2. The van der Waals surface area contributed by atoms with Crippen LogP contribution in [0.4, 0.5) is 5.69 Å². The van der Waals surface area contributed by atoms with Crippen LogP contribution in [-0.4, -0.2) is 16.8 Å². The molecule has 0 saturated carbocycles. The molecule has 3 aromatic rings. The number of benzene rings is 2. The van der Waals surface area contributed by atoms with Gasteiger partial charge in [0.05, 0.1) is 17.4 Å². The first-order valence-corrected chi connectivity index (χ1v) is 7.61. The minimum absolute atomic E-state index is 0.309. The molecule has 0 unspecified atom stereocenters. The lowest BCUT2D eigenvalue weighted by atomic mass is 10.1. The Morgan fingerprint density at radius 1 is 1.00 bits per heavy atom. The highest BCUT2D eigenvalue weighted by molar-refractivity contribution is 6.39. The lowest BCUT2D eigenvalue weighted by molar-refractivity contribution is -0.136. The summed E-state index contributed by atoms with van der Waals surface area (Å²) in [6.07, 6.45) is 1.54. The summed E-state index contributed by atoms with van der Waals surface area (Å²) in [5.74, 6) is -1.38. The monoisotopic (exact) mass is 319 g/mol. The third-order valence-corrected chi connectivity index (χ3v) is 3.59. The van der Waals surface area contributed by atoms with Crippen molar-refractivity contribution < 1.29 is 9.59 Å². The molecule has 2 aromatic carbocycles. The number of carbonyl (C=O) groups is 2. The van der Waals surface area contributed by atoms with E-state index in [1.165, 1.54) is 6.20 Å². The van der Waals surface area contributed by atoms with E-state index >= 15 is 0 Å². The number of hydrogen-bond donors (Lipinski definition) is 2. The van der Waals surface area contributed by atoms with Crippen molar-refractivity contribution in [2.24, 2.45) is 0 Å². The van der Waals surface area contributed by atoms with Crippen LogP contribution in [0.3, 0.4) is 0 Å². The number of pyridine rings is 1. The summed E-state index contributed by atoms with van der Waals surface area (Å²) in [6.45, 7) is 2.29. The maximum atomic E-state index is 12.0. The summed E-state index contributed by atoms with van der Waals surface area (Å²) >= 11 is 0. The molecular weight excluding hydrogens is 302 g/mol. The van der Waals surface area contributed by atoms with Crippen LogP contribution in [0.5, 0.6) is 0 Å². The highest BCUT2D eigenvalue weighted by Crippen LogP contribution is 2.15. The second kappa shape index (κ2) is 6.91. The maximum Gasteiger partial charge on any atom is 0.313 e. The van der Waals surface area contributed by atoms with Gasteiger partial charge in [-0.15, -0.1) is 0 Å². The number of anilines is 1. The molecule has 0 aliphatic rings. The molecule has 0 saturated heterocycles. The van der Waals surface area contributed by atoms with Crippen molar-refractivity contribution in [3.05, 3.63) is 71.9 Å². The number of carbonyl (C=O) groups excluding carboxylic acids is 2. The smallest absolute Gasteiger partial charge is 0.313 e. The zero-order chi connectivity index (χ0) is 16.9. The van der Waals surface area contributed by atoms with Gasteiger partial charge in [-0.1, -0.05) is 48.0 Å². The van der Waals surface area contributed by atoms with Crippen molar-refractivity contribution in [2.75, 3.05) is 5.32 Å². The second-order valence-corrected chi connectivity index (χ2v) is 5.54. The van der Waals surface area contributed by atoms with E-state index in [9.17, 15) is 9.59 Å². The molecule has 1 aromatic heterocycles. The molecule has 24 heavy (non-hydrogen) atoms. The van der Waals surface area contributed by atoms with Crippen LogP contribution < -0.4 is 10.6 Å². The second-order valence-electron chi connectivity index (χ2n) is 5.54. The fraction of sp³-hybridized carbons (Fsp3) is 0.105. The van der Waals surface area contributed by atoms with E-state index in [0.717, 1.165) is 22.0 Å². The average molecular weight is 319 g/mol. The van der Waals surface area contributed by atoms with E-state index in [0.29, 0.717) is 12.2 Å². The first-order chi connectivity index (χ1) is 11.6. The molecule has 2 amide bonds. The number of aromatic nitrogens is 1. The highest BCUT2D eigenvalue weighted by atomic mass is 16.2. The predicted octanol–water partition coefficient (Wildman–Crippen LogP) is 2.80. The van der Waals surface area contributed by atoms with Crippen molar-refractivity contribution in [1.29, 1.82) is 0 Å². The maximum absolute atomic E-state index is 12.0. The predicted molar refractivity (Wildman–Crippen MR) is 93.4 cm³/mol. The zero-order valence-electron chi connectivity index (χ0n) is 13.2. The molecule has 2 N–H and O–H groups in total. The fourth-order valence-electron chi connectivity index (χ4n) is 2.41. The van der Waals surface area contributed by atoms with Gasteiger partial charge in [-0.25, -0.2) is 0 Å². The van der Waals surface area contributed by atoms with Crippen LogP contribution >= 0.6 is 0 Å². The average Bonchev–Trinajstić information content (AvgIpc) is 2.59. The van der Waals surface area contributed by atoms with E-state index in [1.54, 1.807) is 6.07 Å². The van der Waals surface area contributed by atoms with Crippen LogP contribution in [0.25, 0.3) is 10.9 Å². The number of aryl methyl sites for hydroxylation is 1. The third kappa shape index (κ3) is 3.76. The van der Waals surface area contributed by atoms with Crippen LogP contribution in [0.2, 0.25) is 0 Å². The first-order valence-electron chi connectivity index (χ1n) is 7.61. The molecule has 0 fully saturated rings. The molecule has 0 aliphatic carbocycles. The Bertz CT molecular complexity index is 906. The van der Waals surface area contributed by atoms with Gasteiger partial charge in [0.1, 0.15) is 0 Å². The van der Waals surface area contributed by atoms with E-state index < -0.39 is 11.8 Å².